The van der Waals surface area contributed by atoms with Gasteiger partial charge in [0, 0.05) is 15.4 Å². The second-order valence-electron chi connectivity index (χ2n) is 4.03. The largest absolute Gasteiger partial charge is 0.478 e. The van der Waals surface area contributed by atoms with Gasteiger partial charge in [-0.3, -0.25) is 0 Å². The van der Waals surface area contributed by atoms with Gasteiger partial charge >= 0.3 is 5.97 Å². The summed E-state index contributed by atoms with van der Waals surface area (Å²) in [5.74, 6) is -0.949. The Kier molecular flexibility index (Phi) is 3.78. The van der Waals surface area contributed by atoms with Crippen molar-refractivity contribution in [3.8, 4) is 0 Å². The second-order valence-corrected chi connectivity index (χ2v) is 6.76. The average Bonchev–Trinajstić information content (AvgIpc) is 2.05. The van der Waals surface area contributed by atoms with E-state index >= 15 is 0 Å². The maximum absolute atomic E-state index is 11.0. The van der Waals surface area contributed by atoms with Crippen LogP contribution < -0.4 is 0 Å². The van der Waals surface area contributed by atoms with Crippen molar-refractivity contribution < 1.29 is 9.90 Å². The van der Waals surface area contributed by atoms with Crippen LogP contribution in [0.15, 0.2) is 21.8 Å². The summed E-state index contributed by atoms with van der Waals surface area (Å²) in [6, 6.07) is 1.57. The van der Waals surface area contributed by atoms with Crippen LogP contribution in [0.1, 0.15) is 31.1 Å². The Bertz CT molecular complexity index is 387. The minimum atomic E-state index is -0.949. The van der Waals surface area contributed by atoms with Crippen LogP contribution in [0.2, 0.25) is 0 Å². The molecule has 0 aliphatic rings. The molecule has 0 saturated carbocycles. The molecular weight excluding hydrogens is 278 g/mol. The SMILES string of the molecule is CC(C)(C)Sc1ncc(Br)cc1C(=O)O. The zero-order valence-electron chi connectivity index (χ0n) is 8.74. The van der Waals surface area contributed by atoms with E-state index in [4.69, 9.17) is 5.11 Å². The maximum Gasteiger partial charge on any atom is 0.338 e. The predicted octanol–water partition coefficient (Wildman–Crippen LogP) is 3.43. The molecule has 0 aliphatic carbocycles. The molecule has 0 saturated heterocycles. The molecule has 15 heavy (non-hydrogen) atoms. The van der Waals surface area contributed by atoms with Crippen molar-refractivity contribution in [1.29, 1.82) is 0 Å². The molecule has 0 unspecified atom stereocenters. The quantitative estimate of drug-likeness (QED) is 0.848. The number of hydrogen-bond acceptors (Lipinski definition) is 3. The van der Waals surface area contributed by atoms with E-state index in [1.165, 1.54) is 11.8 Å². The molecule has 0 bridgehead atoms. The topological polar surface area (TPSA) is 50.2 Å². The highest BCUT2D eigenvalue weighted by molar-refractivity contribution is 9.10. The number of carbonyl (C=O) groups is 1. The van der Waals surface area contributed by atoms with Gasteiger partial charge in [0.2, 0.25) is 0 Å². The Morgan fingerprint density at radius 1 is 1.53 bits per heavy atom. The van der Waals surface area contributed by atoms with Crippen LogP contribution in [0, 0.1) is 0 Å². The summed E-state index contributed by atoms with van der Waals surface area (Å²) in [5, 5.41) is 9.57. The van der Waals surface area contributed by atoms with Crippen molar-refractivity contribution in [3.63, 3.8) is 0 Å². The Morgan fingerprint density at radius 2 is 2.13 bits per heavy atom. The Hall–Kier alpha value is -0.550. The lowest BCUT2D eigenvalue weighted by atomic mass is 10.3. The molecule has 82 valence electrons. The summed E-state index contributed by atoms with van der Waals surface area (Å²) in [6.45, 7) is 6.06. The second kappa shape index (κ2) is 4.53. The van der Waals surface area contributed by atoms with Crippen molar-refractivity contribution in [2.75, 3.05) is 0 Å². The molecule has 5 heteroatoms. The molecule has 0 atom stereocenters. The molecule has 0 spiro atoms. The molecule has 0 fully saturated rings. The van der Waals surface area contributed by atoms with Gasteiger partial charge in [-0.2, -0.15) is 0 Å². The van der Waals surface area contributed by atoms with Gasteiger partial charge in [-0.25, -0.2) is 9.78 Å². The van der Waals surface area contributed by atoms with Gasteiger partial charge in [0.15, 0.2) is 0 Å². The molecule has 1 aromatic heterocycles. The monoisotopic (exact) mass is 289 g/mol. The molecule has 1 aromatic rings. The number of carboxylic acid groups (broad SMARTS) is 1. The van der Waals surface area contributed by atoms with E-state index < -0.39 is 5.97 Å². The highest BCUT2D eigenvalue weighted by atomic mass is 79.9. The lowest BCUT2D eigenvalue weighted by molar-refractivity contribution is 0.0692. The van der Waals surface area contributed by atoms with Crippen LogP contribution in [0.5, 0.6) is 0 Å². The first-order chi connectivity index (χ1) is 6.79. The van der Waals surface area contributed by atoms with E-state index in [9.17, 15) is 4.79 Å². The van der Waals surface area contributed by atoms with Crippen molar-refractivity contribution in [2.45, 2.75) is 30.5 Å². The number of rotatable bonds is 2. The van der Waals surface area contributed by atoms with Crippen LogP contribution in [-0.2, 0) is 0 Å². The summed E-state index contributed by atoms with van der Waals surface area (Å²) in [7, 11) is 0. The summed E-state index contributed by atoms with van der Waals surface area (Å²) < 4.78 is 0.628. The van der Waals surface area contributed by atoms with Crippen molar-refractivity contribution in [1.82, 2.24) is 4.98 Å². The van der Waals surface area contributed by atoms with Gasteiger partial charge in [-0.05, 0) is 22.0 Å². The Balaban J connectivity index is 3.12. The smallest absolute Gasteiger partial charge is 0.338 e. The summed E-state index contributed by atoms with van der Waals surface area (Å²) >= 11 is 4.66. The van der Waals surface area contributed by atoms with Crippen LogP contribution in [0.25, 0.3) is 0 Å². The van der Waals surface area contributed by atoms with E-state index in [2.05, 4.69) is 20.9 Å². The fraction of sp³-hybridized carbons (Fsp3) is 0.400. The minimum absolute atomic E-state index is 0.0506. The third kappa shape index (κ3) is 3.83. The van der Waals surface area contributed by atoms with Gasteiger partial charge in [0.05, 0.1) is 5.56 Å². The van der Waals surface area contributed by atoms with E-state index in [-0.39, 0.29) is 10.3 Å². The van der Waals surface area contributed by atoms with E-state index in [0.717, 1.165) is 0 Å². The van der Waals surface area contributed by atoms with Gasteiger partial charge in [-0.1, -0.05) is 32.5 Å². The lowest BCUT2D eigenvalue weighted by Gasteiger charge is -2.17. The molecular formula is C10H12BrNO2S. The Morgan fingerprint density at radius 3 is 2.60 bits per heavy atom. The number of aromatic carboxylic acids is 1. The average molecular weight is 290 g/mol. The molecule has 1 rings (SSSR count). The first-order valence-corrected chi connectivity index (χ1v) is 5.98. The predicted molar refractivity (Wildman–Crippen MR) is 64.5 cm³/mol. The van der Waals surface area contributed by atoms with E-state index in [1.54, 1.807) is 12.3 Å². The van der Waals surface area contributed by atoms with Gasteiger partial charge in [0.25, 0.3) is 0 Å². The number of halogens is 1. The van der Waals surface area contributed by atoms with E-state index in [1.807, 2.05) is 20.8 Å². The van der Waals surface area contributed by atoms with Crippen molar-refractivity contribution in [2.24, 2.45) is 0 Å². The number of aromatic nitrogens is 1. The molecule has 0 radical (unpaired) electrons. The van der Waals surface area contributed by atoms with Gasteiger partial charge < -0.3 is 5.11 Å². The highest BCUT2D eigenvalue weighted by Gasteiger charge is 2.19. The number of nitrogens with zero attached hydrogens (tertiary/aromatic N) is 1. The minimum Gasteiger partial charge on any atom is -0.478 e. The summed E-state index contributed by atoms with van der Waals surface area (Å²) in [4.78, 5) is 15.1. The fourth-order valence-electron chi connectivity index (χ4n) is 0.951. The first-order valence-electron chi connectivity index (χ1n) is 4.37. The zero-order chi connectivity index (χ0) is 11.6. The summed E-state index contributed by atoms with van der Waals surface area (Å²) in [5.41, 5.74) is 0.240. The molecule has 1 heterocycles. The van der Waals surface area contributed by atoms with Crippen molar-refractivity contribution in [3.05, 3.63) is 22.3 Å². The van der Waals surface area contributed by atoms with Crippen molar-refractivity contribution >= 4 is 33.7 Å². The van der Waals surface area contributed by atoms with E-state index in [0.29, 0.717) is 9.50 Å². The molecule has 0 amide bonds. The maximum atomic E-state index is 11.0. The third-order valence-corrected chi connectivity index (χ3v) is 3.02. The molecule has 3 nitrogen and oxygen atoms in total. The normalized spacial score (nSPS) is 11.5. The number of carboxylic acids is 1. The van der Waals surface area contributed by atoms with Crippen LogP contribution >= 0.6 is 27.7 Å². The number of pyridine rings is 1. The molecule has 0 aliphatic heterocycles. The Labute approximate surface area is 101 Å². The number of thioether (sulfide) groups is 1. The molecule has 0 aromatic carbocycles. The standard InChI is InChI=1S/C10H12BrNO2S/c1-10(2,3)15-8-7(9(13)14)4-6(11)5-12-8/h4-5H,1-3H3,(H,13,14). The number of hydrogen-bond donors (Lipinski definition) is 1. The third-order valence-electron chi connectivity index (χ3n) is 1.45. The lowest BCUT2D eigenvalue weighted by Crippen LogP contribution is -2.10. The van der Waals surface area contributed by atoms with Crippen LogP contribution in [-0.4, -0.2) is 20.8 Å². The first kappa shape index (κ1) is 12.5. The fourth-order valence-corrected chi connectivity index (χ4v) is 2.22. The van der Waals surface area contributed by atoms with Crippen LogP contribution in [0.4, 0.5) is 0 Å². The van der Waals surface area contributed by atoms with Gasteiger partial charge in [-0.15, -0.1) is 0 Å². The zero-order valence-corrected chi connectivity index (χ0v) is 11.1. The van der Waals surface area contributed by atoms with Crippen LogP contribution in [0.3, 0.4) is 0 Å². The van der Waals surface area contributed by atoms with Gasteiger partial charge in [0.1, 0.15) is 5.03 Å². The summed E-state index contributed by atoms with van der Waals surface area (Å²) in [6.07, 6.45) is 1.61. The highest BCUT2D eigenvalue weighted by Crippen LogP contribution is 2.33. The molecule has 1 N–H and O–H groups in total.